The van der Waals surface area contributed by atoms with E-state index in [9.17, 15) is 0 Å². The lowest BCUT2D eigenvalue weighted by molar-refractivity contribution is 0.0644. The summed E-state index contributed by atoms with van der Waals surface area (Å²) in [7, 11) is 1.67. The van der Waals surface area contributed by atoms with Crippen molar-refractivity contribution in [3.05, 3.63) is 29.3 Å². The molecule has 3 heteroatoms. The van der Waals surface area contributed by atoms with E-state index >= 15 is 0 Å². The minimum atomic E-state index is 0.0312. The van der Waals surface area contributed by atoms with Crippen molar-refractivity contribution in [1.82, 2.24) is 0 Å². The van der Waals surface area contributed by atoms with Gasteiger partial charge in [0.05, 0.1) is 19.8 Å². The zero-order valence-corrected chi connectivity index (χ0v) is 10.5. The predicted octanol–water partition coefficient (Wildman–Crippen LogP) is 2.64. The second-order valence-corrected chi connectivity index (χ2v) is 4.22. The van der Waals surface area contributed by atoms with Gasteiger partial charge in [-0.15, -0.1) is 0 Å². The van der Waals surface area contributed by atoms with Gasteiger partial charge in [0.15, 0.2) is 0 Å². The Morgan fingerprint density at radius 2 is 1.94 bits per heavy atom. The topological polar surface area (TPSA) is 44.5 Å². The summed E-state index contributed by atoms with van der Waals surface area (Å²) in [4.78, 5) is 0. The van der Waals surface area contributed by atoms with E-state index in [0.29, 0.717) is 6.61 Å². The van der Waals surface area contributed by atoms with Gasteiger partial charge in [0, 0.05) is 11.6 Å². The van der Waals surface area contributed by atoms with Crippen LogP contribution in [0.3, 0.4) is 0 Å². The third-order valence-corrected chi connectivity index (χ3v) is 2.40. The molecule has 0 fully saturated rings. The molecule has 0 aliphatic heterocycles. The Labute approximate surface area is 97.6 Å². The van der Waals surface area contributed by atoms with Crippen molar-refractivity contribution in [2.45, 2.75) is 39.5 Å². The third kappa shape index (κ3) is 3.51. The van der Waals surface area contributed by atoms with Gasteiger partial charge in [-0.3, -0.25) is 0 Å². The zero-order valence-electron chi connectivity index (χ0n) is 10.5. The molecular formula is C13H21NO2. The Morgan fingerprint density at radius 1 is 1.25 bits per heavy atom. The lowest BCUT2D eigenvalue weighted by atomic mass is 10.1. The molecule has 0 saturated carbocycles. The second-order valence-electron chi connectivity index (χ2n) is 4.22. The Hall–Kier alpha value is -1.06. The van der Waals surface area contributed by atoms with Crippen LogP contribution in [0.25, 0.3) is 0 Å². The highest BCUT2D eigenvalue weighted by Gasteiger charge is 2.07. The van der Waals surface area contributed by atoms with Crippen molar-refractivity contribution in [2.24, 2.45) is 5.73 Å². The highest BCUT2D eigenvalue weighted by molar-refractivity contribution is 5.37. The molecule has 1 atom stereocenters. The smallest absolute Gasteiger partial charge is 0.124 e. The molecule has 0 saturated heterocycles. The molecule has 0 amide bonds. The van der Waals surface area contributed by atoms with Gasteiger partial charge in [-0.2, -0.15) is 0 Å². The van der Waals surface area contributed by atoms with Crippen LogP contribution in [0.4, 0.5) is 0 Å². The van der Waals surface area contributed by atoms with Crippen LogP contribution in [0, 0.1) is 0 Å². The van der Waals surface area contributed by atoms with Crippen LogP contribution < -0.4 is 10.5 Å². The first-order valence-electron chi connectivity index (χ1n) is 5.58. The van der Waals surface area contributed by atoms with Crippen LogP contribution in [0.15, 0.2) is 18.2 Å². The summed E-state index contributed by atoms with van der Waals surface area (Å²) in [5.74, 6) is 0.852. The van der Waals surface area contributed by atoms with E-state index in [1.54, 1.807) is 7.11 Å². The number of hydrogen-bond donors (Lipinski definition) is 1. The van der Waals surface area contributed by atoms with Gasteiger partial charge >= 0.3 is 0 Å². The van der Waals surface area contributed by atoms with Crippen molar-refractivity contribution in [3.8, 4) is 5.75 Å². The van der Waals surface area contributed by atoms with Gasteiger partial charge in [-0.1, -0.05) is 6.07 Å². The van der Waals surface area contributed by atoms with Gasteiger partial charge in [0.1, 0.15) is 5.75 Å². The molecule has 16 heavy (non-hydrogen) atoms. The maximum atomic E-state index is 5.85. The van der Waals surface area contributed by atoms with Crippen LogP contribution in [-0.4, -0.2) is 13.2 Å². The van der Waals surface area contributed by atoms with Crippen LogP contribution in [0.2, 0.25) is 0 Å². The van der Waals surface area contributed by atoms with E-state index in [0.717, 1.165) is 16.9 Å². The first kappa shape index (κ1) is 13.0. The van der Waals surface area contributed by atoms with E-state index in [2.05, 4.69) is 0 Å². The molecule has 1 aromatic carbocycles. The molecule has 1 unspecified atom stereocenters. The van der Waals surface area contributed by atoms with Gasteiger partial charge in [-0.25, -0.2) is 0 Å². The lowest BCUT2D eigenvalue weighted by Gasteiger charge is -2.14. The van der Waals surface area contributed by atoms with Gasteiger partial charge < -0.3 is 15.2 Å². The number of rotatable bonds is 5. The Bertz CT molecular complexity index is 335. The molecule has 2 N–H and O–H groups in total. The average molecular weight is 223 g/mol. The van der Waals surface area contributed by atoms with Crippen molar-refractivity contribution in [3.63, 3.8) is 0 Å². The molecule has 90 valence electrons. The largest absolute Gasteiger partial charge is 0.496 e. The molecule has 1 aromatic rings. The molecule has 0 heterocycles. The quantitative estimate of drug-likeness (QED) is 0.834. The Kier molecular flexibility index (Phi) is 4.77. The number of nitrogens with two attached hydrogens (primary N) is 1. The fraction of sp³-hybridized carbons (Fsp3) is 0.538. The summed E-state index contributed by atoms with van der Waals surface area (Å²) < 4.78 is 10.9. The summed E-state index contributed by atoms with van der Waals surface area (Å²) in [6.45, 7) is 6.56. The van der Waals surface area contributed by atoms with E-state index in [-0.39, 0.29) is 12.1 Å². The number of benzene rings is 1. The lowest BCUT2D eigenvalue weighted by Crippen LogP contribution is -2.08. The fourth-order valence-corrected chi connectivity index (χ4v) is 1.45. The van der Waals surface area contributed by atoms with Gasteiger partial charge in [0.2, 0.25) is 0 Å². The van der Waals surface area contributed by atoms with Crippen LogP contribution in [0.1, 0.15) is 37.9 Å². The Balaban J connectivity index is 2.88. The fourth-order valence-electron chi connectivity index (χ4n) is 1.45. The summed E-state index contributed by atoms with van der Waals surface area (Å²) in [5, 5.41) is 0. The molecule has 0 bridgehead atoms. The van der Waals surface area contributed by atoms with Gasteiger partial charge in [0.25, 0.3) is 0 Å². The minimum Gasteiger partial charge on any atom is -0.496 e. The molecule has 0 aromatic heterocycles. The maximum Gasteiger partial charge on any atom is 0.124 e. The molecular weight excluding hydrogens is 202 g/mol. The molecule has 3 nitrogen and oxygen atoms in total. The first-order valence-corrected chi connectivity index (χ1v) is 5.58. The molecule has 1 rings (SSSR count). The van der Waals surface area contributed by atoms with E-state index in [1.807, 2.05) is 39.0 Å². The summed E-state index contributed by atoms with van der Waals surface area (Å²) in [6, 6.07) is 6.01. The van der Waals surface area contributed by atoms with E-state index in [4.69, 9.17) is 15.2 Å². The highest BCUT2D eigenvalue weighted by Crippen LogP contribution is 2.23. The summed E-state index contributed by atoms with van der Waals surface area (Å²) in [5.41, 5.74) is 8.00. The molecule has 0 aliphatic carbocycles. The van der Waals surface area contributed by atoms with E-state index < -0.39 is 0 Å². The standard InChI is InChI=1S/C13H21NO2/c1-9(2)16-8-12-7-11(10(3)14)5-6-13(12)15-4/h5-7,9-10H,8,14H2,1-4H3. The van der Waals surface area contributed by atoms with Crippen molar-refractivity contribution < 1.29 is 9.47 Å². The zero-order chi connectivity index (χ0) is 12.1. The van der Waals surface area contributed by atoms with Crippen molar-refractivity contribution >= 4 is 0 Å². The van der Waals surface area contributed by atoms with Crippen LogP contribution in [-0.2, 0) is 11.3 Å². The molecule has 0 radical (unpaired) electrons. The monoisotopic (exact) mass is 223 g/mol. The van der Waals surface area contributed by atoms with Gasteiger partial charge in [-0.05, 0) is 38.5 Å². The number of hydrogen-bond acceptors (Lipinski definition) is 3. The van der Waals surface area contributed by atoms with E-state index in [1.165, 1.54) is 0 Å². The molecule has 0 aliphatic rings. The summed E-state index contributed by atoms with van der Waals surface area (Å²) in [6.07, 6.45) is 0.212. The minimum absolute atomic E-state index is 0.0312. The maximum absolute atomic E-state index is 5.85. The normalized spacial score (nSPS) is 12.9. The highest BCUT2D eigenvalue weighted by atomic mass is 16.5. The first-order chi connectivity index (χ1) is 7.54. The van der Waals surface area contributed by atoms with Crippen molar-refractivity contribution in [2.75, 3.05) is 7.11 Å². The predicted molar refractivity (Wildman–Crippen MR) is 65.5 cm³/mol. The molecule has 0 spiro atoms. The van der Waals surface area contributed by atoms with Crippen LogP contribution in [0.5, 0.6) is 5.75 Å². The van der Waals surface area contributed by atoms with Crippen LogP contribution >= 0.6 is 0 Å². The SMILES string of the molecule is COc1ccc(C(C)N)cc1COC(C)C. The second kappa shape index (κ2) is 5.87. The van der Waals surface area contributed by atoms with Crippen molar-refractivity contribution in [1.29, 1.82) is 0 Å². The number of methoxy groups -OCH3 is 1. The Morgan fingerprint density at radius 3 is 2.44 bits per heavy atom. The third-order valence-electron chi connectivity index (χ3n) is 2.40. The summed E-state index contributed by atoms with van der Waals surface area (Å²) >= 11 is 0. The number of ether oxygens (including phenoxy) is 2. The average Bonchev–Trinajstić information content (AvgIpc) is 2.25.